The number of aryl methyl sites for hydroxylation is 1. The number of hydrogen-bond acceptors (Lipinski definition) is 8. The largest absolute Gasteiger partial charge is 0.489 e. The number of carbonyl (C=O) groups is 1. The number of fused-ring (bicyclic) bond motifs is 1. The fraction of sp³-hybridized carbons (Fsp3) is 0.346. The van der Waals surface area contributed by atoms with E-state index in [0.29, 0.717) is 79.5 Å². The molecule has 10 nitrogen and oxygen atoms in total. The Bertz CT molecular complexity index is 1300. The zero-order chi connectivity index (χ0) is 24.9. The van der Waals surface area contributed by atoms with Crippen LogP contribution in [-0.2, 0) is 22.6 Å². The van der Waals surface area contributed by atoms with Crippen LogP contribution in [0.5, 0.6) is 17.2 Å². The van der Waals surface area contributed by atoms with Gasteiger partial charge in [0.1, 0.15) is 12.4 Å². The van der Waals surface area contributed by atoms with E-state index in [1.165, 1.54) is 0 Å². The van der Waals surface area contributed by atoms with Crippen molar-refractivity contribution in [1.82, 2.24) is 9.97 Å². The fourth-order valence-electron chi connectivity index (χ4n) is 4.15. The molecule has 2 aliphatic heterocycles. The number of ether oxygens (including phenoxy) is 4. The summed E-state index contributed by atoms with van der Waals surface area (Å²) in [6.45, 7) is 4.93. The van der Waals surface area contributed by atoms with Crippen LogP contribution >= 0.6 is 0 Å². The summed E-state index contributed by atoms with van der Waals surface area (Å²) in [6, 6.07) is 12.9. The molecule has 1 aromatic heterocycles. The molecule has 188 valence electrons. The molecule has 1 saturated heterocycles. The number of carbonyl (C=O) groups excluding carboxylic acids is 1. The molecule has 0 bridgehead atoms. The van der Waals surface area contributed by atoms with Gasteiger partial charge in [-0.25, -0.2) is 4.98 Å². The van der Waals surface area contributed by atoms with Crippen molar-refractivity contribution in [1.29, 1.82) is 0 Å². The zero-order valence-corrected chi connectivity index (χ0v) is 20.0. The number of rotatable bonds is 8. The van der Waals surface area contributed by atoms with E-state index in [1.54, 1.807) is 13.0 Å². The highest BCUT2D eigenvalue weighted by atomic mass is 16.7. The summed E-state index contributed by atoms with van der Waals surface area (Å²) in [4.78, 5) is 34.7. The second-order valence-electron chi connectivity index (χ2n) is 8.61. The first kappa shape index (κ1) is 23.7. The maximum absolute atomic E-state index is 12.7. The summed E-state index contributed by atoms with van der Waals surface area (Å²) in [6.07, 6.45) is 0.469. The fourth-order valence-corrected chi connectivity index (χ4v) is 4.15. The minimum Gasteiger partial charge on any atom is -0.489 e. The van der Waals surface area contributed by atoms with Gasteiger partial charge in [0.15, 0.2) is 11.5 Å². The Hall–Kier alpha value is -4.05. The van der Waals surface area contributed by atoms with Crippen LogP contribution in [0.1, 0.15) is 23.2 Å². The highest BCUT2D eigenvalue weighted by molar-refractivity contribution is 5.90. The summed E-state index contributed by atoms with van der Waals surface area (Å²) in [7, 11) is 0. The smallest absolute Gasteiger partial charge is 0.255 e. The highest BCUT2D eigenvalue weighted by Crippen LogP contribution is 2.35. The lowest BCUT2D eigenvalue weighted by Gasteiger charge is -2.27. The van der Waals surface area contributed by atoms with Crippen molar-refractivity contribution in [2.45, 2.75) is 26.4 Å². The maximum Gasteiger partial charge on any atom is 0.255 e. The number of benzene rings is 2. The third-order valence-corrected chi connectivity index (χ3v) is 6.08. The molecule has 10 heteroatoms. The van der Waals surface area contributed by atoms with Gasteiger partial charge < -0.3 is 29.2 Å². The molecule has 3 heterocycles. The molecular formula is C26H28N4O6. The van der Waals surface area contributed by atoms with Gasteiger partial charge in [-0.3, -0.25) is 14.6 Å². The van der Waals surface area contributed by atoms with Crippen LogP contribution in [0.3, 0.4) is 0 Å². The highest BCUT2D eigenvalue weighted by Gasteiger charge is 2.17. The van der Waals surface area contributed by atoms with Gasteiger partial charge in [0.2, 0.25) is 18.6 Å². The second-order valence-corrected chi connectivity index (χ2v) is 8.61. The van der Waals surface area contributed by atoms with Crippen LogP contribution in [0.25, 0.3) is 0 Å². The van der Waals surface area contributed by atoms with Gasteiger partial charge in [0.25, 0.3) is 5.56 Å². The summed E-state index contributed by atoms with van der Waals surface area (Å²) in [5.74, 6) is 2.40. The average Bonchev–Trinajstić information content (AvgIpc) is 3.36. The number of anilines is 2. The third kappa shape index (κ3) is 5.60. The number of aromatic amines is 1. The molecule has 0 atom stereocenters. The van der Waals surface area contributed by atoms with E-state index in [2.05, 4.69) is 15.3 Å². The molecule has 2 aromatic carbocycles. The molecule has 0 saturated carbocycles. The Balaban J connectivity index is 1.15. The minimum absolute atomic E-state index is 0.167. The number of nitrogens with one attached hydrogen (secondary N) is 2. The van der Waals surface area contributed by atoms with Crippen LogP contribution in [-0.4, -0.2) is 49.0 Å². The lowest BCUT2D eigenvalue weighted by atomic mass is 10.1. The molecule has 5 rings (SSSR count). The normalized spacial score (nSPS) is 14.5. The van der Waals surface area contributed by atoms with Crippen LogP contribution in [0.4, 0.5) is 11.6 Å². The van der Waals surface area contributed by atoms with E-state index in [9.17, 15) is 9.59 Å². The quantitative estimate of drug-likeness (QED) is 0.493. The topological polar surface area (TPSA) is 115 Å². The average molecular weight is 493 g/mol. The number of hydrogen-bond donors (Lipinski definition) is 2. The van der Waals surface area contributed by atoms with Crippen LogP contribution in [0.2, 0.25) is 0 Å². The van der Waals surface area contributed by atoms with Gasteiger partial charge in [-0.1, -0.05) is 12.1 Å². The minimum atomic E-state index is -0.209. The van der Waals surface area contributed by atoms with Crippen LogP contribution < -0.4 is 30.0 Å². The lowest BCUT2D eigenvalue weighted by Crippen LogP contribution is -2.38. The first-order valence-corrected chi connectivity index (χ1v) is 11.9. The number of morpholine rings is 1. The van der Waals surface area contributed by atoms with Crippen molar-refractivity contribution < 1.29 is 23.7 Å². The molecular weight excluding hydrogens is 464 g/mol. The molecule has 36 heavy (non-hydrogen) atoms. The van der Waals surface area contributed by atoms with E-state index < -0.39 is 0 Å². The van der Waals surface area contributed by atoms with Crippen molar-refractivity contribution in [3.05, 3.63) is 69.6 Å². The first-order valence-electron chi connectivity index (χ1n) is 11.9. The molecule has 3 aromatic rings. The Kier molecular flexibility index (Phi) is 7.03. The van der Waals surface area contributed by atoms with E-state index in [-0.39, 0.29) is 24.7 Å². The number of nitrogens with zero attached hydrogens (tertiary/aromatic N) is 2. The molecule has 0 unspecified atom stereocenters. The van der Waals surface area contributed by atoms with Crippen molar-refractivity contribution in [2.75, 3.05) is 43.3 Å². The van der Waals surface area contributed by atoms with Crippen LogP contribution in [0.15, 0.2) is 47.3 Å². The van der Waals surface area contributed by atoms with Gasteiger partial charge >= 0.3 is 0 Å². The Labute approximate surface area is 208 Å². The van der Waals surface area contributed by atoms with Gasteiger partial charge in [0, 0.05) is 42.5 Å². The second kappa shape index (κ2) is 10.7. The number of amides is 1. The first-order chi connectivity index (χ1) is 17.5. The molecule has 0 radical (unpaired) electrons. The van der Waals surface area contributed by atoms with E-state index in [4.69, 9.17) is 18.9 Å². The molecule has 0 spiro atoms. The molecule has 0 aliphatic carbocycles. The van der Waals surface area contributed by atoms with E-state index in [1.807, 2.05) is 41.3 Å². The molecule has 2 N–H and O–H groups in total. The summed E-state index contributed by atoms with van der Waals surface area (Å²) in [5.41, 5.74) is 2.52. The maximum atomic E-state index is 12.7. The predicted molar refractivity (Wildman–Crippen MR) is 133 cm³/mol. The number of aromatic nitrogens is 2. The van der Waals surface area contributed by atoms with E-state index in [0.717, 1.165) is 5.56 Å². The Morgan fingerprint density at radius 2 is 1.97 bits per heavy atom. The van der Waals surface area contributed by atoms with Gasteiger partial charge in [-0.2, -0.15) is 0 Å². The van der Waals surface area contributed by atoms with E-state index >= 15 is 0 Å². The Morgan fingerprint density at radius 3 is 2.81 bits per heavy atom. The predicted octanol–water partition coefficient (Wildman–Crippen LogP) is 2.79. The monoisotopic (exact) mass is 492 g/mol. The van der Waals surface area contributed by atoms with Crippen LogP contribution in [0, 0.1) is 6.92 Å². The zero-order valence-electron chi connectivity index (χ0n) is 20.0. The van der Waals surface area contributed by atoms with Crippen molar-refractivity contribution in [2.24, 2.45) is 0 Å². The SMILES string of the molecule is Cc1nc(N2CCOCC2)[nH]c(=O)c1CCC(=O)Nc1cccc(COc2ccc3c(c2)OCO3)c1. The Morgan fingerprint density at radius 1 is 1.14 bits per heavy atom. The number of H-pyrrole nitrogens is 1. The summed E-state index contributed by atoms with van der Waals surface area (Å²) >= 11 is 0. The van der Waals surface area contributed by atoms with Crippen molar-refractivity contribution in [3.63, 3.8) is 0 Å². The molecule has 1 fully saturated rings. The lowest BCUT2D eigenvalue weighted by molar-refractivity contribution is -0.116. The third-order valence-electron chi connectivity index (χ3n) is 6.08. The summed E-state index contributed by atoms with van der Waals surface area (Å²) < 4.78 is 21.9. The van der Waals surface area contributed by atoms with Gasteiger partial charge in [-0.05, 0) is 43.2 Å². The van der Waals surface area contributed by atoms with Gasteiger partial charge in [-0.15, -0.1) is 0 Å². The summed E-state index contributed by atoms with van der Waals surface area (Å²) in [5, 5.41) is 2.90. The molecule has 1 amide bonds. The van der Waals surface area contributed by atoms with Crippen molar-refractivity contribution >= 4 is 17.5 Å². The van der Waals surface area contributed by atoms with Crippen molar-refractivity contribution in [3.8, 4) is 17.2 Å². The molecule has 2 aliphatic rings. The standard InChI is InChI=1S/C26H28N4O6/c1-17-21(25(32)29-26(27-17)30-9-11-33-12-10-30)6-8-24(31)28-19-4-2-3-18(13-19)15-34-20-5-7-22-23(14-20)36-16-35-22/h2-5,7,13-14H,6,8-12,15-16H2,1H3,(H,28,31)(H,27,29,32). The van der Waals surface area contributed by atoms with Gasteiger partial charge in [0.05, 0.1) is 13.2 Å².